The van der Waals surface area contributed by atoms with Crippen LogP contribution in [0.3, 0.4) is 0 Å². The van der Waals surface area contributed by atoms with Gasteiger partial charge in [0.1, 0.15) is 6.17 Å². The standard InChI is InChI=1S/C18H24N10/c1(19-7-15-9-21-12-24-15)3-27-5-6-28(18(27)17-11-23-14-26-17)4-2-20-8-16-10-22-13-25-16/h7-14,18H,1-6H2,(H,21,24)(H,22,25)(H,23,26). The van der Waals surface area contributed by atoms with Gasteiger partial charge in [0.15, 0.2) is 0 Å². The highest BCUT2D eigenvalue weighted by Crippen LogP contribution is 2.27. The van der Waals surface area contributed by atoms with E-state index in [0.717, 1.165) is 56.4 Å². The lowest BCUT2D eigenvalue weighted by molar-refractivity contribution is 0.140. The summed E-state index contributed by atoms with van der Waals surface area (Å²) >= 11 is 0. The molecule has 1 aliphatic heterocycles. The van der Waals surface area contributed by atoms with Crippen molar-refractivity contribution in [3.05, 3.63) is 54.7 Å². The summed E-state index contributed by atoms with van der Waals surface area (Å²) in [6, 6.07) is 0. The third kappa shape index (κ3) is 4.59. The number of aromatic nitrogens is 6. The fourth-order valence-corrected chi connectivity index (χ4v) is 3.37. The van der Waals surface area contributed by atoms with Crippen LogP contribution in [0.1, 0.15) is 23.2 Å². The Morgan fingerprint density at radius 3 is 1.82 bits per heavy atom. The fraction of sp³-hybridized carbons (Fsp3) is 0.389. The molecule has 0 bridgehead atoms. The maximum atomic E-state index is 4.51. The molecule has 0 aliphatic carbocycles. The van der Waals surface area contributed by atoms with Gasteiger partial charge in [-0.25, -0.2) is 15.0 Å². The number of imidazole rings is 3. The minimum atomic E-state index is 0.173. The SMILES string of the molecule is C(=NCCN1CCN(CCN=Cc2cnc[nH]2)C1c1cnc[nH]1)c1cnc[nH]1. The van der Waals surface area contributed by atoms with E-state index in [9.17, 15) is 0 Å². The Kier molecular flexibility index (Phi) is 6.00. The van der Waals surface area contributed by atoms with Crippen molar-refractivity contribution in [3.63, 3.8) is 0 Å². The normalized spacial score (nSPS) is 18.8. The number of aliphatic imine (C=N–C) groups is 2. The van der Waals surface area contributed by atoms with Crippen LogP contribution in [0.5, 0.6) is 0 Å². The summed E-state index contributed by atoms with van der Waals surface area (Å²) in [5, 5.41) is 0. The Morgan fingerprint density at radius 1 is 0.821 bits per heavy atom. The Labute approximate surface area is 162 Å². The van der Waals surface area contributed by atoms with E-state index in [0.29, 0.717) is 0 Å². The van der Waals surface area contributed by atoms with Crippen LogP contribution in [-0.2, 0) is 0 Å². The number of aromatic amines is 3. The molecule has 0 radical (unpaired) electrons. The van der Waals surface area contributed by atoms with Gasteiger partial charge in [0.2, 0.25) is 0 Å². The molecule has 3 N–H and O–H groups in total. The highest BCUT2D eigenvalue weighted by atomic mass is 15.4. The van der Waals surface area contributed by atoms with Gasteiger partial charge in [0, 0.05) is 38.6 Å². The van der Waals surface area contributed by atoms with Gasteiger partial charge in [-0.2, -0.15) is 0 Å². The van der Waals surface area contributed by atoms with Crippen molar-refractivity contribution in [3.8, 4) is 0 Å². The van der Waals surface area contributed by atoms with Gasteiger partial charge in [-0.05, 0) is 0 Å². The number of hydrogen-bond donors (Lipinski definition) is 3. The second kappa shape index (κ2) is 9.20. The monoisotopic (exact) mass is 380 g/mol. The third-order valence-electron chi connectivity index (χ3n) is 4.70. The second-order valence-electron chi connectivity index (χ2n) is 6.54. The van der Waals surface area contributed by atoms with Gasteiger partial charge in [-0.15, -0.1) is 0 Å². The molecule has 4 rings (SSSR count). The summed E-state index contributed by atoms with van der Waals surface area (Å²) in [4.78, 5) is 35.4. The predicted molar refractivity (Wildman–Crippen MR) is 107 cm³/mol. The zero-order valence-electron chi connectivity index (χ0n) is 15.6. The molecule has 3 aromatic heterocycles. The fourth-order valence-electron chi connectivity index (χ4n) is 3.37. The maximum Gasteiger partial charge on any atom is 0.106 e. The van der Waals surface area contributed by atoms with E-state index >= 15 is 0 Å². The first-order valence-electron chi connectivity index (χ1n) is 9.33. The van der Waals surface area contributed by atoms with Crippen LogP contribution in [0.2, 0.25) is 0 Å². The smallest absolute Gasteiger partial charge is 0.106 e. The van der Waals surface area contributed by atoms with Crippen molar-refractivity contribution in [2.75, 3.05) is 39.3 Å². The van der Waals surface area contributed by atoms with E-state index in [1.54, 1.807) is 31.4 Å². The van der Waals surface area contributed by atoms with E-state index in [-0.39, 0.29) is 6.17 Å². The number of rotatable bonds is 9. The zero-order chi connectivity index (χ0) is 19.0. The van der Waals surface area contributed by atoms with Crippen molar-refractivity contribution in [1.29, 1.82) is 0 Å². The zero-order valence-corrected chi connectivity index (χ0v) is 15.6. The molecule has 28 heavy (non-hydrogen) atoms. The molecule has 1 fully saturated rings. The van der Waals surface area contributed by atoms with Gasteiger partial charge in [0.05, 0.1) is 67.7 Å². The van der Waals surface area contributed by atoms with Crippen LogP contribution in [0.4, 0.5) is 0 Å². The van der Waals surface area contributed by atoms with Crippen LogP contribution in [-0.4, -0.2) is 91.4 Å². The number of nitrogens with zero attached hydrogens (tertiary/aromatic N) is 7. The quantitative estimate of drug-likeness (QED) is 0.473. The molecule has 0 aromatic carbocycles. The summed E-state index contributed by atoms with van der Waals surface area (Å²) < 4.78 is 0. The molecule has 10 nitrogen and oxygen atoms in total. The lowest BCUT2D eigenvalue weighted by Crippen LogP contribution is -2.34. The highest BCUT2D eigenvalue weighted by molar-refractivity contribution is 5.76. The number of H-pyrrole nitrogens is 3. The first-order valence-corrected chi connectivity index (χ1v) is 9.33. The van der Waals surface area contributed by atoms with Crippen LogP contribution in [0.15, 0.2) is 47.6 Å². The van der Waals surface area contributed by atoms with Gasteiger partial charge < -0.3 is 15.0 Å². The van der Waals surface area contributed by atoms with Crippen LogP contribution in [0.25, 0.3) is 0 Å². The van der Waals surface area contributed by atoms with Crippen LogP contribution >= 0.6 is 0 Å². The van der Waals surface area contributed by atoms with E-state index in [1.165, 1.54) is 0 Å². The average Bonchev–Trinajstić information content (AvgIpc) is 3.50. The summed E-state index contributed by atoms with van der Waals surface area (Å²) in [6.07, 6.45) is 14.3. The molecular weight excluding hydrogens is 356 g/mol. The van der Waals surface area contributed by atoms with Crippen molar-refractivity contribution < 1.29 is 0 Å². The molecule has 3 aromatic rings. The molecule has 10 heteroatoms. The van der Waals surface area contributed by atoms with Gasteiger partial charge in [-0.1, -0.05) is 0 Å². The molecule has 4 heterocycles. The van der Waals surface area contributed by atoms with Gasteiger partial charge in [0.25, 0.3) is 0 Å². The van der Waals surface area contributed by atoms with Crippen LogP contribution in [0, 0.1) is 0 Å². The number of nitrogens with one attached hydrogen (secondary N) is 3. The van der Waals surface area contributed by atoms with Gasteiger partial charge >= 0.3 is 0 Å². The molecular formula is C18H24N10. The lowest BCUT2D eigenvalue weighted by atomic mass is 10.3. The van der Waals surface area contributed by atoms with E-state index in [4.69, 9.17) is 0 Å². The Bertz CT molecular complexity index is 794. The Hall–Kier alpha value is -3.11. The molecule has 0 amide bonds. The van der Waals surface area contributed by atoms with Gasteiger partial charge in [-0.3, -0.25) is 19.8 Å². The second-order valence-corrected chi connectivity index (χ2v) is 6.54. The maximum absolute atomic E-state index is 4.51. The van der Waals surface area contributed by atoms with Crippen molar-refractivity contribution in [2.24, 2.45) is 9.98 Å². The highest BCUT2D eigenvalue weighted by Gasteiger charge is 2.33. The van der Waals surface area contributed by atoms with Crippen molar-refractivity contribution in [2.45, 2.75) is 6.17 Å². The first kappa shape index (κ1) is 18.3. The van der Waals surface area contributed by atoms with E-state index in [1.807, 2.05) is 18.6 Å². The topological polar surface area (TPSA) is 117 Å². The molecule has 1 aliphatic rings. The third-order valence-corrected chi connectivity index (χ3v) is 4.70. The van der Waals surface area contributed by atoms with Crippen molar-refractivity contribution >= 4 is 12.4 Å². The Morgan fingerprint density at radius 2 is 1.36 bits per heavy atom. The Balaban J connectivity index is 1.33. The summed E-state index contributed by atoms with van der Waals surface area (Å²) in [6.45, 7) is 5.20. The summed E-state index contributed by atoms with van der Waals surface area (Å²) in [7, 11) is 0. The molecule has 0 atom stereocenters. The molecule has 0 saturated carbocycles. The van der Waals surface area contributed by atoms with Crippen LogP contribution < -0.4 is 0 Å². The number of hydrogen-bond acceptors (Lipinski definition) is 7. The molecule has 0 unspecified atom stereocenters. The minimum Gasteiger partial charge on any atom is -0.346 e. The first-order chi connectivity index (χ1) is 13.9. The molecule has 0 spiro atoms. The largest absolute Gasteiger partial charge is 0.346 e. The summed E-state index contributed by atoms with van der Waals surface area (Å²) in [5.74, 6) is 0. The lowest BCUT2D eigenvalue weighted by Gasteiger charge is -2.28. The summed E-state index contributed by atoms with van der Waals surface area (Å²) in [5.41, 5.74) is 2.94. The predicted octanol–water partition coefficient (Wildman–Crippen LogP) is 0.710. The van der Waals surface area contributed by atoms with E-state index < -0.39 is 0 Å². The molecule has 146 valence electrons. The molecule has 1 saturated heterocycles. The average molecular weight is 380 g/mol. The van der Waals surface area contributed by atoms with Crippen molar-refractivity contribution in [1.82, 2.24) is 39.7 Å². The minimum absolute atomic E-state index is 0.173. The van der Waals surface area contributed by atoms with E-state index in [2.05, 4.69) is 49.7 Å².